The average molecular weight is 344 g/mol. The Bertz CT molecular complexity index is 596. The first-order chi connectivity index (χ1) is 12.3. The van der Waals surface area contributed by atoms with Crippen molar-refractivity contribution in [2.24, 2.45) is 11.8 Å². The molecule has 1 saturated carbocycles. The quantitative estimate of drug-likeness (QED) is 0.821. The highest BCUT2D eigenvalue weighted by Crippen LogP contribution is 2.43. The lowest BCUT2D eigenvalue weighted by molar-refractivity contribution is -0.129. The Hall–Kier alpha value is -1.43. The van der Waals surface area contributed by atoms with Crippen LogP contribution in [0.4, 0.5) is 0 Å². The zero-order chi connectivity index (χ0) is 17.2. The average Bonchev–Trinajstić information content (AvgIpc) is 3.21. The summed E-state index contributed by atoms with van der Waals surface area (Å²) in [6.07, 6.45) is 2.85. The number of hydrogen-bond donors (Lipinski definition) is 1. The Morgan fingerprint density at radius 2 is 2.08 bits per heavy atom. The maximum absolute atomic E-state index is 12.4. The van der Waals surface area contributed by atoms with Crippen LogP contribution < -0.4 is 5.32 Å². The van der Waals surface area contributed by atoms with Gasteiger partial charge in [-0.3, -0.25) is 9.69 Å². The molecule has 1 amide bonds. The molecule has 136 valence electrons. The molecule has 2 aliphatic heterocycles. The predicted molar refractivity (Wildman–Crippen MR) is 94.9 cm³/mol. The maximum Gasteiger partial charge on any atom is 0.220 e. The second-order valence-corrected chi connectivity index (χ2v) is 7.58. The molecule has 1 saturated heterocycles. The number of nitrogens with one attached hydrogen (secondary N) is 1. The summed E-state index contributed by atoms with van der Waals surface area (Å²) in [7, 11) is 1.72. The zero-order valence-electron chi connectivity index (χ0n) is 14.9. The summed E-state index contributed by atoms with van der Waals surface area (Å²) in [6.45, 7) is 4.48. The van der Waals surface area contributed by atoms with Gasteiger partial charge in [0.15, 0.2) is 0 Å². The standard InChI is InChI=1S/C20H28N2O3/c1-24-13-17-19(16-8-10-25-20(16)17)21-18(23)7-4-9-22-11-14-5-2-3-6-15(14)12-22/h2-3,5-6,16-17,19-20H,4,7-13H2,1H3,(H,21,23)/t16-,17+,19+,20-/m1/s1. The van der Waals surface area contributed by atoms with Crippen LogP contribution in [0.15, 0.2) is 24.3 Å². The van der Waals surface area contributed by atoms with E-state index in [4.69, 9.17) is 9.47 Å². The van der Waals surface area contributed by atoms with Gasteiger partial charge in [0.25, 0.3) is 0 Å². The normalized spacial score (nSPS) is 30.6. The van der Waals surface area contributed by atoms with Crippen LogP contribution in [0.25, 0.3) is 0 Å². The third-order valence-electron chi connectivity index (χ3n) is 6.00. The summed E-state index contributed by atoms with van der Waals surface area (Å²) in [6, 6.07) is 8.84. The molecule has 25 heavy (non-hydrogen) atoms. The van der Waals surface area contributed by atoms with Crippen molar-refractivity contribution in [2.75, 3.05) is 26.9 Å². The molecular formula is C20H28N2O3. The molecule has 1 aromatic carbocycles. The van der Waals surface area contributed by atoms with Gasteiger partial charge in [-0.2, -0.15) is 0 Å². The lowest BCUT2D eigenvalue weighted by atomic mass is 9.67. The Morgan fingerprint density at radius 3 is 2.80 bits per heavy atom. The zero-order valence-corrected chi connectivity index (χ0v) is 14.9. The van der Waals surface area contributed by atoms with E-state index in [2.05, 4.69) is 34.5 Å². The number of benzene rings is 1. The van der Waals surface area contributed by atoms with Crippen LogP contribution >= 0.6 is 0 Å². The van der Waals surface area contributed by atoms with Crippen LogP contribution in [0.3, 0.4) is 0 Å². The Kier molecular flexibility index (Phi) is 5.06. The maximum atomic E-state index is 12.4. The molecule has 1 aromatic rings. The van der Waals surface area contributed by atoms with E-state index in [0.29, 0.717) is 24.9 Å². The van der Waals surface area contributed by atoms with Gasteiger partial charge in [-0.05, 0) is 30.5 Å². The number of hydrogen-bond acceptors (Lipinski definition) is 4. The van der Waals surface area contributed by atoms with E-state index in [1.165, 1.54) is 11.1 Å². The highest BCUT2D eigenvalue weighted by molar-refractivity contribution is 5.76. The third kappa shape index (κ3) is 3.46. The number of amides is 1. The SMILES string of the molecule is COC[C@H]1[C@@H](NC(=O)CCCN2Cc3ccccc3C2)[C@H]2CCO[C@H]21. The van der Waals surface area contributed by atoms with Gasteiger partial charge in [0.05, 0.1) is 12.7 Å². The highest BCUT2D eigenvalue weighted by atomic mass is 16.5. The van der Waals surface area contributed by atoms with Gasteiger partial charge in [0.2, 0.25) is 5.91 Å². The van der Waals surface area contributed by atoms with Crippen LogP contribution in [0.1, 0.15) is 30.4 Å². The third-order valence-corrected chi connectivity index (χ3v) is 6.00. The Labute approximate surface area is 149 Å². The minimum Gasteiger partial charge on any atom is -0.384 e. The first-order valence-corrected chi connectivity index (χ1v) is 9.45. The molecule has 2 heterocycles. The van der Waals surface area contributed by atoms with Gasteiger partial charge in [-0.15, -0.1) is 0 Å². The summed E-state index contributed by atoms with van der Waals surface area (Å²) in [5, 5.41) is 3.25. The van der Waals surface area contributed by atoms with Gasteiger partial charge in [0.1, 0.15) is 0 Å². The van der Waals surface area contributed by atoms with Gasteiger partial charge in [-0.1, -0.05) is 24.3 Å². The van der Waals surface area contributed by atoms with Crippen molar-refractivity contribution < 1.29 is 14.3 Å². The molecule has 0 bridgehead atoms. The van der Waals surface area contributed by atoms with Crippen LogP contribution in [0, 0.1) is 11.8 Å². The van der Waals surface area contributed by atoms with Gasteiger partial charge in [0, 0.05) is 51.1 Å². The molecule has 0 aromatic heterocycles. The Balaban J connectivity index is 1.20. The van der Waals surface area contributed by atoms with E-state index < -0.39 is 0 Å². The van der Waals surface area contributed by atoms with Crippen molar-refractivity contribution in [2.45, 2.75) is 44.5 Å². The second kappa shape index (κ2) is 7.44. The van der Waals surface area contributed by atoms with Crippen LogP contribution in [-0.4, -0.2) is 49.8 Å². The molecule has 3 aliphatic rings. The van der Waals surface area contributed by atoms with Crippen molar-refractivity contribution >= 4 is 5.91 Å². The number of rotatable bonds is 7. The summed E-state index contributed by atoms with van der Waals surface area (Å²) in [5.41, 5.74) is 2.85. The van der Waals surface area contributed by atoms with E-state index in [9.17, 15) is 4.79 Å². The lowest BCUT2D eigenvalue weighted by Crippen LogP contribution is -2.62. The smallest absolute Gasteiger partial charge is 0.220 e. The summed E-state index contributed by atoms with van der Waals surface area (Å²) in [5.74, 6) is 0.972. The van der Waals surface area contributed by atoms with Gasteiger partial charge in [-0.25, -0.2) is 0 Å². The fourth-order valence-electron chi connectivity index (χ4n) is 4.72. The van der Waals surface area contributed by atoms with Crippen molar-refractivity contribution in [1.29, 1.82) is 0 Å². The van der Waals surface area contributed by atoms with Gasteiger partial charge >= 0.3 is 0 Å². The van der Waals surface area contributed by atoms with Crippen LogP contribution in [0.5, 0.6) is 0 Å². The molecule has 5 nitrogen and oxygen atoms in total. The topological polar surface area (TPSA) is 50.8 Å². The van der Waals surface area contributed by atoms with E-state index in [0.717, 1.165) is 39.1 Å². The molecule has 4 rings (SSSR count). The van der Waals surface area contributed by atoms with E-state index >= 15 is 0 Å². The van der Waals surface area contributed by atoms with E-state index in [1.54, 1.807) is 7.11 Å². The van der Waals surface area contributed by atoms with Crippen molar-refractivity contribution in [3.63, 3.8) is 0 Å². The molecule has 0 spiro atoms. The predicted octanol–water partition coefficient (Wildman–Crippen LogP) is 1.95. The highest BCUT2D eigenvalue weighted by Gasteiger charge is 2.54. The molecular weight excluding hydrogens is 316 g/mol. The number of fused-ring (bicyclic) bond motifs is 2. The summed E-state index contributed by atoms with van der Waals surface area (Å²) in [4.78, 5) is 14.8. The number of carbonyl (C=O) groups is 1. The number of ether oxygens (including phenoxy) is 2. The molecule has 5 heteroatoms. The fraction of sp³-hybridized carbons (Fsp3) is 0.650. The first kappa shape index (κ1) is 17.0. The van der Waals surface area contributed by atoms with Crippen LogP contribution in [0.2, 0.25) is 0 Å². The Morgan fingerprint density at radius 1 is 1.32 bits per heavy atom. The summed E-state index contributed by atoms with van der Waals surface area (Å²) >= 11 is 0. The number of methoxy groups -OCH3 is 1. The first-order valence-electron chi connectivity index (χ1n) is 9.45. The fourth-order valence-corrected chi connectivity index (χ4v) is 4.72. The van der Waals surface area contributed by atoms with Crippen LogP contribution in [-0.2, 0) is 27.4 Å². The number of carbonyl (C=O) groups excluding carboxylic acids is 1. The van der Waals surface area contributed by atoms with E-state index in [1.807, 2.05) is 0 Å². The minimum atomic E-state index is 0.174. The molecule has 4 atom stereocenters. The molecule has 0 radical (unpaired) electrons. The summed E-state index contributed by atoms with van der Waals surface area (Å²) < 4.78 is 11.1. The van der Waals surface area contributed by atoms with Gasteiger partial charge < -0.3 is 14.8 Å². The minimum absolute atomic E-state index is 0.174. The lowest BCUT2D eigenvalue weighted by Gasteiger charge is -2.47. The monoisotopic (exact) mass is 344 g/mol. The number of nitrogens with zero attached hydrogens (tertiary/aromatic N) is 1. The molecule has 2 fully saturated rings. The second-order valence-electron chi connectivity index (χ2n) is 7.58. The molecule has 1 N–H and O–H groups in total. The van der Waals surface area contributed by atoms with E-state index in [-0.39, 0.29) is 18.1 Å². The van der Waals surface area contributed by atoms with Crippen molar-refractivity contribution in [3.05, 3.63) is 35.4 Å². The molecule has 1 aliphatic carbocycles. The van der Waals surface area contributed by atoms with Crippen molar-refractivity contribution in [1.82, 2.24) is 10.2 Å². The largest absolute Gasteiger partial charge is 0.384 e. The van der Waals surface area contributed by atoms with Crippen molar-refractivity contribution in [3.8, 4) is 0 Å². The molecule has 0 unspecified atom stereocenters.